The summed E-state index contributed by atoms with van der Waals surface area (Å²) >= 11 is 0. The van der Waals surface area contributed by atoms with Gasteiger partial charge < -0.3 is 24.3 Å². The molecule has 0 fully saturated rings. The summed E-state index contributed by atoms with van der Waals surface area (Å²) < 4.78 is 20.9. The van der Waals surface area contributed by atoms with Crippen LogP contribution in [-0.4, -0.2) is 43.7 Å². The topological polar surface area (TPSA) is 126 Å². The molecule has 10 nitrogen and oxygen atoms in total. The highest BCUT2D eigenvalue weighted by molar-refractivity contribution is 5.98. The van der Waals surface area contributed by atoms with Crippen molar-refractivity contribution in [3.63, 3.8) is 0 Å². The molecule has 1 unspecified atom stereocenters. The van der Waals surface area contributed by atoms with E-state index in [0.717, 1.165) is 6.07 Å². The Morgan fingerprint density at radius 2 is 1.73 bits per heavy atom. The Morgan fingerprint density at radius 3 is 2.33 bits per heavy atom. The molecule has 10 heteroatoms. The zero-order valence-corrected chi connectivity index (χ0v) is 17.0. The lowest BCUT2D eigenvalue weighted by molar-refractivity contribution is -0.384. The predicted octanol–water partition coefficient (Wildman–Crippen LogP) is 3.19. The quantitative estimate of drug-likeness (QED) is 0.374. The molecule has 2 aromatic rings. The Labute approximate surface area is 172 Å². The highest BCUT2D eigenvalue weighted by Crippen LogP contribution is 2.30. The van der Waals surface area contributed by atoms with Gasteiger partial charge >= 0.3 is 5.97 Å². The number of benzene rings is 2. The fraction of sp³-hybridized carbons (Fsp3) is 0.300. The Hall–Kier alpha value is -3.82. The van der Waals surface area contributed by atoms with Crippen molar-refractivity contribution >= 4 is 23.3 Å². The molecule has 2 aromatic carbocycles. The van der Waals surface area contributed by atoms with Gasteiger partial charge in [-0.15, -0.1) is 0 Å². The van der Waals surface area contributed by atoms with Gasteiger partial charge in [0.1, 0.15) is 5.75 Å². The molecular formula is C20H22N2O8. The molecule has 0 spiro atoms. The number of esters is 1. The monoisotopic (exact) mass is 418 g/mol. The fourth-order valence-corrected chi connectivity index (χ4v) is 2.50. The minimum atomic E-state index is -1.18. The van der Waals surface area contributed by atoms with Crippen molar-refractivity contribution in [2.24, 2.45) is 0 Å². The van der Waals surface area contributed by atoms with Crippen LogP contribution < -0.4 is 19.5 Å². The number of ether oxygens (including phenoxy) is 4. The molecule has 0 heterocycles. The normalized spacial score (nSPS) is 11.2. The van der Waals surface area contributed by atoms with Gasteiger partial charge in [0, 0.05) is 12.1 Å². The van der Waals surface area contributed by atoms with Crippen LogP contribution in [0, 0.1) is 10.1 Å². The molecule has 0 aliphatic carbocycles. The number of hydrogen-bond acceptors (Lipinski definition) is 8. The van der Waals surface area contributed by atoms with Crippen molar-refractivity contribution in [3.05, 3.63) is 52.1 Å². The van der Waals surface area contributed by atoms with E-state index in [-0.39, 0.29) is 22.7 Å². The Balaban J connectivity index is 2.12. The van der Waals surface area contributed by atoms with E-state index in [9.17, 15) is 19.7 Å². The summed E-state index contributed by atoms with van der Waals surface area (Å²) in [6.45, 7) is 3.54. The molecule has 2 rings (SSSR count). The number of amides is 1. The maximum atomic E-state index is 12.4. The summed E-state index contributed by atoms with van der Waals surface area (Å²) in [4.78, 5) is 35.2. The summed E-state index contributed by atoms with van der Waals surface area (Å²) in [5.41, 5.74) is 0.0342. The fourth-order valence-electron chi connectivity index (χ4n) is 2.50. The van der Waals surface area contributed by atoms with Crippen molar-refractivity contribution < 1.29 is 33.5 Å². The van der Waals surface area contributed by atoms with Crippen molar-refractivity contribution in [1.29, 1.82) is 0 Å². The number of rotatable bonds is 9. The molecule has 160 valence electrons. The lowest BCUT2D eigenvalue weighted by Gasteiger charge is -2.16. The van der Waals surface area contributed by atoms with Crippen LogP contribution in [0.3, 0.4) is 0 Å². The molecule has 1 N–H and O–H groups in total. The third-order valence-corrected chi connectivity index (χ3v) is 4.00. The van der Waals surface area contributed by atoms with Gasteiger partial charge in [-0.3, -0.25) is 14.9 Å². The summed E-state index contributed by atoms with van der Waals surface area (Å²) in [6, 6.07) is 8.26. The van der Waals surface area contributed by atoms with E-state index in [1.165, 1.54) is 45.4 Å². The van der Waals surface area contributed by atoms with Crippen LogP contribution >= 0.6 is 0 Å². The molecule has 0 aliphatic rings. The van der Waals surface area contributed by atoms with Crippen LogP contribution in [0.1, 0.15) is 24.2 Å². The van der Waals surface area contributed by atoms with Gasteiger partial charge in [0.2, 0.25) is 0 Å². The number of hydrogen-bond donors (Lipinski definition) is 1. The van der Waals surface area contributed by atoms with Crippen molar-refractivity contribution in [2.75, 3.05) is 26.1 Å². The number of carbonyl (C=O) groups is 2. The Bertz CT molecular complexity index is 944. The maximum Gasteiger partial charge on any atom is 0.339 e. The second-order valence-corrected chi connectivity index (χ2v) is 5.98. The van der Waals surface area contributed by atoms with Gasteiger partial charge in [-0.25, -0.2) is 4.79 Å². The van der Waals surface area contributed by atoms with E-state index in [2.05, 4.69) is 5.32 Å². The highest BCUT2D eigenvalue weighted by atomic mass is 16.6. The molecule has 0 saturated heterocycles. The second kappa shape index (κ2) is 10.1. The van der Waals surface area contributed by atoms with Gasteiger partial charge in [0.25, 0.3) is 11.6 Å². The molecule has 0 radical (unpaired) electrons. The van der Waals surface area contributed by atoms with E-state index in [1.807, 2.05) is 0 Å². The van der Waals surface area contributed by atoms with Gasteiger partial charge in [-0.1, -0.05) is 0 Å². The minimum absolute atomic E-state index is 0.0858. The molecule has 1 amide bonds. The van der Waals surface area contributed by atoms with E-state index in [0.29, 0.717) is 18.1 Å². The third kappa shape index (κ3) is 5.37. The van der Waals surface area contributed by atoms with E-state index in [4.69, 9.17) is 18.9 Å². The Kier molecular flexibility index (Phi) is 7.56. The number of nitro groups is 1. The van der Waals surface area contributed by atoms with Crippen LogP contribution in [0.15, 0.2) is 36.4 Å². The first-order chi connectivity index (χ1) is 14.3. The Morgan fingerprint density at radius 1 is 1.07 bits per heavy atom. The van der Waals surface area contributed by atoms with Crippen molar-refractivity contribution in [1.82, 2.24) is 0 Å². The number of nitrogens with one attached hydrogen (secondary N) is 1. The molecule has 0 aliphatic heterocycles. The van der Waals surface area contributed by atoms with Crippen LogP contribution in [0.5, 0.6) is 17.2 Å². The lowest BCUT2D eigenvalue weighted by Crippen LogP contribution is -2.30. The summed E-state index contributed by atoms with van der Waals surface area (Å²) in [5, 5.41) is 13.4. The highest BCUT2D eigenvalue weighted by Gasteiger charge is 2.22. The molecule has 1 atom stereocenters. The molecule has 0 bridgehead atoms. The summed E-state index contributed by atoms with van der Waals surface area (Å²) in [5.74, 6) is -0.373. The lowest BCUT2D eigenvalue weighted by atomic mass is 10.2. The average Bonchev–Trinajstić information content (AvgIpc) is 2.73. The second-order valence-electron chi connectivity index (χ2n) is 5.98. The van der Waals surface area contributed by atoms with Crippen LogP contribution in [0.25, 0.3) is 0 Å². The summed E-state index contributed by atoms with van der Waals surface area (Å²) in [7, 11) is 2.84. The van der Waals surface area contributed by atoms with Crippen molar-refractivity contribution in [3.8, 4) is 17.2 Å². The van der Waals surface area contributed by atoms with E-state index < -0.39 is 22.9 Å². The zero-order chi connectivity index (χ0) is 22.3. The van der Waals surface area contributed by atoms with Crippen LogP contribution in [-0.2, 0) is 9.53 Å². The third-order valence-electron chi connectivity index (χ3n) is 4.00. The zero-order valence-electron chi connectivity index (χ0n) is 17.0. The van der Waals surface area contributed by atoms with Crippen molar-refractivity contribution in [2.45, 2.75) is 20.0 Å². The molecule has 30 heavy (non-hydrogen) atoms. The number of non-ortho nitro benzene ring substituents is 1. The number of carbonyl (C=O) groups excluding carboxylic acids is 2. The average molecular weight is 418 g/mol. The molecule has 0 saturated carbocycles. The van der Waals surface area contributed by atoms with Crippen LogP contribution in [0.2, 0.25) is 0 Å². The van der Waals surface area contributed by atoms with Gasteiger partial charge in [-0.2, -0.15) is 0 Å². The first-order valence-electron chi connectivity index (χ1n) is 8.95. The standard InChI is InChI=1S/C20H22N2O8/c1-5-29-18-10-13(6-8-17(18)28-4)20(24)30-12(2)19(23)21-15-11-14(22(25)26)7-9-16(15)27-3/h6-12H,5H2,1-4H3,(H,21,23). The minimum Gasteiger partial charge on any atom is -0.495 e. The first kappa shape index (κ1) is 22.5. The molecule has 0 aromatic heterocycles. The summed E-state index contributed by atoms with van der Waals surface area (Å²) in [6.07, 6.45) is -1.18. The van der Waals surface area contributed by atoms with Gasteiger partial charge in [-0.05, 0) is 38.1 Å². The van der Waals surface area contributed by atoms with Gasteiger partial charge in [0.05, 0.1) is 37.0 Å². The van der Waals surface area contributed by atoms with Crippen LogP contribution in [0.4, 0.5) is 11.4 Å². The van der Waals surface area contributed by atoms with E-state index in [1.54, 1.807) is 13.0 Å². The number of nitrogens with zero attached hydrogens (tertiary/aromatic N) is 1. The maximum absolute atomic E-state index is 12.4. The predicted molar refractivity (Wildman–Crippen MR) is 107 cm³/mol. The number of anilines is 1. The largest absolute Gasteiger partial charge is 0.495 e. The number of nitro benzene ring substituents is 1. The smallest absolute Gasteiger partial charge is 0.339 e. The SMILES string of the molecule is CCOc1cc(C(=O)OC(C)C(=O)Nc2cc([N+](=O)[O-])ccc2OC)ccc1OC. The number of methoxy groups -OCH3 is 2. The molecular weight excluding hydrogens is 396 g/mol. The van der Waals surface area contributed by atoms with Gasteiger partial charge in [0.15, 0.2) is 17.6 Å². The van der Waals surface area contributed by atoms with E-state index >= 15 is 0 Å². The first-order valence-corrected chi connectivity index (χ1v) is 8.95.